The Bertz CT molecular complexity index is 255. The average Bonchev–Trinajstić information content (AvgIpc) is 3.08. The van der Waals surface area contributed by atoms with Crippen LogP contribution in [0.3, 0.4) is 0 Å². The van der Waals surface area contributed by atoms with Crippen LogP contribution in [0.1, 0.15) is 25.7 Å². The van der Waals surface area contributed by atoms with Gasteiger partial charge >= 0.3 is 5.97 Å². The highest BCUT2D eigenvalue weighted by molar-refractivity contribution is 5.69. The van der Waals surface area contributed by atoms with Gasteiger partial charge in [0.15, 0.2) is 0 Å². The lowest BCUT2D eigenvalue weighted by molar-refractivity contribution is -0.141. The number of rotatable bonds is 7. The fraction of sp³-hybridized carbons (Fsp3) is 0.929. The highest BCUT2D eigenvalue weighted by Crippen LogP contribution is 2.18. The van der Waals surface area contributed by atoms with Crippen molar-refractivity contribution in [1.82, 2.24) is 4.90 Å². The third-order valence-corrected chi connectivity index (χ3v) is 3.89. The Labute approximate surface area is 115 Å². The third kappa shape index (κ3) is 5.09. The molecule has 0 aromatic rings. The van der Waals surface area contributed by atoms with Crippen LogP contribution in [0.15, 0.2) is 0 Å². The maximum Gasteiger partial charge on any atom is 0.306 e. The second kappa shape index (κ2) is 7.82. The van der Waals surface area contributed by atoms with Crippen molar-refractivity contribution in [3.8, 4) is 0 Å². The molecular weight excluding hydrogens is 246 g/mol. The number of ether oxygens (including phenoxy) is 3. The van der Waals surface area contributed by atoms with Gasteiger partial charge in [-0.25, -0.2) is 0 Å². The van der Waals surface area contributed by atoms with Gasteiger partial charge in [-0.05, 0) is 25.2 Å². The molecule has 19 heavy (non-hydrogen) atoms. The number of hydrogen-bond acceptors (Lipinski definition) is 5. The van der Waals surface area contributed by atoms with Crippen LogP contribution < -0.4 is 0 Å². The molecule has 0 aliphatic carbocycles. The predicted octanol–water partition coefficient (Wildman–Crippen LogP) is 1.07. The van der Waals surface area contributed by atoms with Crippen molar-refractivity contribution in [3.63, 3.8) is 0 Å². The quantitative estimate of drug-likeness (QED) is 0.648. The van der Waals surface area contributed by atoms with E-state index >= 15 is 0 Å². The molecule has 2 aliphatic rings. The minimum Gasteiger partial charge on any atom is -0.469 e. The van der Waals surface area contributed by atoms with Gasteiger partial charge in [0.2, 0.25) is 0 Å². The Morgan fingerprint density at radius 3 is 2.84 bits per heavy atom. The Kier molecular flexibility index (Phi) is 6.07. The highest BCUT2D eigenvalue weighted by Gasteiger charge is 2.24. The molecule has 0 aromatic heterocycles. The lowest BCUT2D eigenvalue weighted by Gasteiger charge is -2.27. The predicted molar refractivity (Wildman–Crippen MR) is 71.0 cm³/mol. The number of esters is 1. The number of nitrogens with zero attached hydrogens (tertiary/aromatic N) is 1. The number of hydrogen-bond donors (Lipinski definition) is 0. The van der Waals surface area contributed by atoms with Gasteiger partial charge in [-0.3, -0.25) is 9.69 Å². The maximum absolute atomic E-state index is 11.3. The standard InChI is InChI=1S/C14H25NO4/c1-17-14(16)4-6-15(9-12-5-8-18-11-12)10-13-3-2-7-19-13/h12-13H,2-11H2,1H3. The molecule has 2 aliphatic heterocycles. The fourth-order valence-electron chi connectivity index (χ4n) is 2.78. The number of carbonyl (C=O) groups excluding carboxylic acids is 1. The van der Waals surface area contributed by atoms with Gasteiger partial charge < -0.3 is 14.2 Å². The molecule has 110 valence electrons. The van der Waals surface area contributed by atoms with Crippen LogP contribution in [0.2, 0.25) is 0 Å². The molecule has 2 heterocycles. The van der Waals surface area contributed by atoms with Crippen LogP contribution in [-0.4, -0.2) is 63.5 Å². The summed E-state index contributed by atoms with van der Waals surface area (Å²) in [4.78, 5) is 13.6. The van der Waals surface area contributed by atoms with Crippen LogP contribution in [0, 0.1) is 5.92 Å². The lowest BCUT2D eigenvalue weighted by Crippen LogP contribution is -2.37. The van der Waals surface area contributed by atoms with E-state index in [1.807, 2.05) is 0 Å². The fourth-order valence-corrected chi connectivity index (χ4v) is 2.78. The molecule has 2 fully saturated rings. The largest absolute Gasteiger partial charge is 0.469 e. The third-order valence-electron chi connectivity index (χ3n) is 3.89. The minimum absolute atomic E-state index is 0.139. The first kappa shape index (κ1) is 14.8. The molecule has 5 nitrogen and oxygen atoms in total. The summed E-state index contributed by atoms with van der Waals surface area (Å²) >= 11 is 0. The van der Waals surface area contributed by atoms with Gasteiger partial charge in [0.25, 0.3) is 0 Å². The van der Waals surface area contributed by atoms with Crippen LogP contribution in [0.25, 0.3) is 0 Å². The Morgan fingerprint density at radius 2 is 2.21 bits per heavy atom. The Morgan fingerprint density at radius 1 is 1.32 bits per heavy atom. The van der Waals surface area contributed by atoms with Crippen LogP contribution >= 0.6 is 0 Å². The number of methoxy groups -OCH3 is 1. The molecule has 5 heteroatoms. The van der Waals surface area contributed by atoms with E-state index in [1.54, 1.807) is 0 Å². The van der Waals surface area contributed by atoms with E-state index in [4.69, 9.17) is 14.2 Å². The van der Waals surface area contributed by atoms with Crippen LogP contribution in [-0.2, 0) is 19.0 Å². The maximum atomic E-state index is 11.3. The monoisotopic (exact) mass is 271 g/mol. The summed E-state index contributed by atoms with van der Waals surface area (Å²) in [6.45, 7) is 5.27. The van der Waals surface area contributed by atoms with E-state index in [0.717, 1.165) is 58.7 Å². The Balaban J connectivity index is 1.77. The van der Waals surface area contributed by atoms with Crippen molar-refractivity contribution in [2.24, 2.45) is 5.92 Å². The average molecular weight is 271 g/mol. The first-order valence-electron chi connectivity index (χ1n) is 7.26. The van der Waals surface area contributed by atoms with E-state index in [1.165, 1.54) is 7.11 Å². The van der Waals surface area contributed by atoms with Crippen molar-refractivity contribution in [3.05, 3.63) is 0 Å². The van der Waals surface area contributed by atoms with Gasteiger partial charge in [-0.1, -0.05) is 0 Å². The van der Waals surface area contributed by atoms with Gasteiger partial charge in [-0.15, -0.1) is 0 Å². The van der Waals surface area contributed by atoms with Gasteiger partial charge in [0, 0.05) is 32.8 Å². The van der Waals surface area contributed by atoms with E-state index in [-0.39, 0.29) is 5.97 Å². The second-order valence-corrected chi connectivity index (χ2v) is 5.45. The van der Waals surface area contributed by atoms with Gasteiger partial charge in [0.05, 0.1) is 26.2 Å². The molecule has 2 atom stereocenters. The zero-order valence-electron chi connectivity index (χ0n) is 11.8. The summed E-state index contributed by atoms with van der Waals surface area (Å²) in [7, 11) is 1.44. The summed E-state index contributed by atoms with van der Waals surface area (Å²) in [5.41, 5.74) is 0. The van der Waals surface area contributed by atoms with E-state index < -0.39 is 0 Å². The SMILES string of the molecule is COC(=O)CCN(CC1CCOC1)CC1CCCO1. The first-order valence-corrected chi connectivity index (χ1v) is 7.26. The minimum atomic E-state index is -0.139. The van der Waals surface area contributed by atoms with Gasteiger partial charge in [-0.2, -0.15) is 0 Å². The van der Waals surface area contributed by atoms with E-state index in [9.17, 15) is 4.79 Å². The molecule has 2 unspecified atom stereocenters. The summed E-state index contributed by atoms with van der Waals surface area (Å²) in [5.74, 6) is 0.457. The highest BCUT2D eigenvalue weighted by atomic mass is 16.5. The molecule has 0 N–H and O–H groups in total. The molecule has 0 aromatic carbocycles. The second-order valence-electron chi connectivity index (χ2n) is 5.45. The molecular formula is C14H25NO4. The van der Waals surface area contributed by atoms with Crippen molar-refractivity contribution >= 4 is 5.97 Å². The van der Waals surface area contributed by atoms with E-state index in [0.29, 0.717) is 18.4 Å². The van der Waals surface area contributed by atoms with Crippen molar-refractivity contribution < 1.29 is 19.0 Å². The van der Waals surface area contributed by atoms with Crippen molar-refractivity contribution in [2.45, 2.75) is 31.8 Å². The smallest absolute Gasteiger partial charge is 0.306 e. The summed E-state index contributed by atoms with van der Waals surface area (Å²) < 4.78 is 15.8. The van der Waals surface area contributed by atoms with E-state index in [2.05, 4.69) is 4.90 Å². The van der Waals surface area contributed by atoms with Crippen LogP contribution in [0.4, 0.5) is 0 Å². The summed E-state index contributed by atoms with van der Waals surface area (Å²) in [6, 6.07) is 0. The zero-order valence-corrected chi connectivity index (χ0v) is 11.8. The summed E-state index contributed by atoms with van der Waals surface area (Å²) in [6.07, 6.45) is 4.20. The molecule has 0 saturated carbocycles. The van der Waals surface area contributed by atoms with Crippen molar-refractivity contribution in [2.75, 3.05) is 46.6 Å². The first-order chi connectivity index (χ1) is 9.28. The molecule has 0 bridgehead atoms. The Hall–Kier alpha value is -0.650. The molecule has 0 spiro atoms. The summed E-state index contributed by atoms with van der Waals surface area (Å²) in [5, 5.41) is 0. The molecule has 2 rings (SSSR count). The van der Waals surface area contributed by atoms with Crippen LogP contribution in [0.5, 0.6) is 0 Å². The molecule has 0 radical (unpaired) electrons. The molecule has 2 saturated heterocycles. The lowest BCUT2D eigenvalue weighted by atomic mass is 10.1. The normalized spacial score (nSPS) is 27.1. The van der Waals surface area contributed by atoms with Gasteiger partial charge in [0.1, 0.15) is 0 Å². The zero-order chi connectivity index (χ0) is 13.5. The topological polar surface area (TPSA) is 48.0 Å². The number of carbonyl (C=O) groups is 1. The molecule has 0 amide bonds. The van der Waals surface area contributed by atoms with Crippen molar-refractivity contribution in [1.29, 1.82) is 0 Å².